The quantitative estimate of drug-likeness (QED) is 0.753. The average molecular weight is 300 g/mol. The summed E-state index contributed by atoms with van der Waals surface area (Å²) in [5.41, 5.74) is 0.0723. The van der Waals surface area contributed by atoms with Crippen molar-refractivity contribution in [2.75, 3.05) is 6.54 Å². The van der Waals surface area contributed by atoms with Gasteiger partial charge in [0, 0.05) is 11.6 Å². The number of phenolic OH excluding ortho intramolecular Hbond substituents is 1. The van der Waals surface area contributed by atoms with Crippen molar-refractivity contribution in [3.05, 3.63) is 28.8 Å². The standard InChI is InChI=1S/C14H18ClNO4/c1-8(2)5-9(14(19)20)7-16-13(18)11-4-3-10(15)6-12(11)17/h3-4,6,8-9,17H,5,7H2,1-2H3,(H,16,18)(H,19,20). The molecule has 0 aliphatic heterocycles. The molecular weight excluding hydrogens is 282 g/mol. The number of aliphatic carboxylic acids is 1. The number of benzene rings is 1. The first-order valence-electron chi connectivity index (χ1n) is 6.30. The number of aromatic hydroxyl groups is 1. The van der Waals surface area contributed by atoms with E-state index in [1.807, 2.05) is 13.8 Å². The Morgan fingerprint density at radius 2 is 2.00 bits per heavy atom. The van der Waals surface area contributed by atoms with Gasteiger partial charge in [-0.25, -0.2) is 0 Å². The highest BCUT2D eigenvalue weighted by atomic mass is 35.5. The minimum atomic E-state index is -0.945. The van der Waals surface area contributed by atoms with Crippen molar-refractivity contribution in [1.29, 1.82) is 0 Å². The van der Waals surface area contributed by atoms with E-state index in [2.05, 4.69) is 5.32 Å². The molecule has 1 aromatic carbocycles. The van der Waals surface area contributed by atoms with E-state index in [-0.39, 0.29) is 23.8 Å². The highest BCUT2D eigenvalue weighted by Gasteiger charge is 2.20. The normalized spacial score (nSPS) is 12.2. The molecule has 20 heavy (non-hydrogen) atoms. The summed E-state index contributed by atoms with van der Waals surface area (Å²) in [4.78, 5) is 23.0. The maximum atomic E-state index is 11.9. The fraction of sp³-hybridized carbons (Fsp3) is 0.429. The summed E-state index contributed by atoms with van der Waals surface area (Å²) in [5, 5.41) is 21.5. The molecule has 0 bridgehead atoms. The van der Waals surface area contributed by atoms with Crippen LogP contribution in [0.4, 0.5) is 0 Å². The molecule has 0 saturated carbocycles. The van der Waals surface area contributed by atoms with E-state index < -0.39 is 17.8 Å². The summed E-state index contributed by atoms with van der Waals surface area (Å²) in [6, 6.07) is 4.14. The van der Waals surface area contributed by atoms with Crippen LogP contribution in [0.5, 0.6) is 5.75 Å². The van der Waals surface area contributed by atoms with E-state index in [0.29, 0.717) is 11.4 Å². The summed E-state index contributed by atoms with van der Waals surface area (Å²) >= 11 is 5.68. The lowest BCUT2D eigenvalue weighted by Crippen LogP contribution is -2.33. The van der Waals surface area contributed by atoms with E-state index in [4.69, 9.17) is 16.7 Å². The number of nitrogens with one attached hydrogen (secondary N) is 1. The number of rotatable bonds is 6. The molecular formula is C14H18ClNO4. The number of hydrogen-bond acceptors (Lipinski definition) is 3. The van der Waals surface area contributed by atoms with Crippen LogP contribution in [0.3, 0.4) is 0 Å². The smallest absolute Gasteiger partial charge is 0.308 e. The van der Waals surface area contributed by atoms with Gasteiger partial charge in [-0.15, -0.1) is 0 Å². The summed E-state index contributed by atoms with van der Waals surface area (Å²) in [6.07, 6.45) is 0.474. The third kappa shape index (κ3) is 4.74. The molecule has 0 radical (unpaired) electrons. The SMILES string of the molecule is CC(C)CC(CNC(=O)c1ccc(Cl)cc1O)C(=O)O. The maximum absolute atomic E-state index is 11.9. The number of halogens is 1. The lowest BCUT2D eigenvalue weighted by atomic mass is 9.97. The van der Waals surface area contributed by atoms with Crippen LogP contribution >= 0.6 is 11.6 Å². The fourth-order valence-electron chi connectivity index (χ4n) is 1.85. The van der Waals surface area contributed by atoms with Gasteiger partial charge in [0.25, 0.3) is 5.91 Å². The van der Waals surface area contributed by atoms with Gasteiger partial charge in [-0.2, -0.15) is 0 Å². The Balaban J connectivity index is 2.68. The molecule has 0 fully saturated rings. The van der Waals surface area contributed by atoms with Crippen molar-refractivity contribution >= 4 is 23.5 Å². The molecule has 1 unspecified atom stereocenters. The third-order valence-corrected chi connectivity index (χ3v) is 3.05. The van der Waals surface area contributed by atoms with Gasteiger partial charge in [0.2, 0.25) is 0 Å². The van der Waals surface area contributed by atoms with Crippen LogP contribution in [-0.4, -0.2) is 28.6 Å². The summed E-state index contributed by atoms with van der Waals surface area (Å²) in [6.45, 7) is 3.86. The van der Waals surface area contributed by atoms with Crippen LogP contribution in [0.1, 0.15) is 30.6 Å². The van der Waals surface area contributed by atoms with Crippen LogP contribution in [0, 0.1) is 11.8 Å². The molecule has 0 aliphatic rings. The molecule has 0 saturated heterocycles. The van der Waals surface area contributed by atoms with Gasteiger partial charge >= 0.3 is 5.97 Å². The molecule has 0 spiro atoms. The molecule has 1 atom stereocenters. The van der Waals surface area contributed by atoms with Gasteiger partial charge in [0.05, 0.1) is 11.5 Å². The fourth-order valence-corrected chi connectivity index (χ4v) is 2.01. The summed E-state index contributed by atoms with van der Waals surface area (Å²) in [7, 11) is 0. The predicted octanol–water partition coefficient (Wildman–Crippen LogP) is 2.52. The molecule has 5 nitrogen and oxygen atoms in total. The summed E-state index contributed by atoms with van der Waals surface area (Å²) < 4.78 is 0. The van der Waals surface area contributed by atoms with E-state index in [1.54, 1.807) is 0 Å². The van der Waals surface area contributed by atoms with Gasteiger partial charge in [-0.1, -0.05) is 25.4 Å². The predicted molar refractivity (Wildman–Crippen MR) is 76.0 cm³/mol. The van der Waals surface area contributed by atoms with Crippen molar-refractivity contribution in [3.63, 3.8) is 0 Å². The van der Waals surface area contributed by atoms with E-state index in [0.717, 1.165) is 0 Å². The molecule has 1 rings (SSSR count). The second-order valence-electron chi connectivity index (χ2n) is 5.04. The number of carboxylic acid groups (broad SMARTS) is 1. The average Bonchev–Trinajstić information content (AvgIpc) is 2.33. The lowest BCUT2D eigenvalue weighted by molar-refractivity contribution is -0.142. The third-order valence-electron chi connectivity index (χ3n) is 2.82. The van der Waals surface area contributed by atoms with Crippen LogP contribution in [0.15, 0.2) is 18.2 Å². The van der Waals surface area contributed by atoms with Crippen molar-refractivity contribution in [1.82, 2.24) is 5.32 Å². The molecule has 0 aromatic heterocycles. The Morgan fingerprint density at radius 3 is 2.50 bits per heavy atom. The van der Waals surface area contributed by atoms with E-state index >= 15 is 0 Å². The first-order valence-corrected chi connectivity index (χ1v) is 6.68. The molecule has 1 aromatic rings. The summed E-state index contributed by atoms with van der Waals surface area (Å²) in [5.74, 6) is -2.12. The molecule has 110 valence electrons. The van der Waals surface area contributed by atoms with Crippen molar-refractivity contribution in [2.24, 2.45) is 11.8 Å². The molecule has 0 aliphatic carbocycles. The number of carboxylic acids is 1. The lowest BCUT2D eigenvalue weighted by Gasteiger charge is -2.15. The maximum Gasteiger partial charge on any atom is 0.308 e. The largest absolute Gasteiger partial charge is 0.507 e. The Morgan fingerprint density at radius 1 is 1.35 bits per heavy atom. The van der Waals surface area contributed by atoms with E-state index in [9.17, 15) is 14.7 Å². The first-order chi connectivity index (χ1) is 9.31. The Kier molecular flexibility index (Phi) is 5.82. The van der Waals surface area contributed by atoms with Gasteiger partial charge < -0.3 is 15.5 Å². The van der Waals surface area contributed by atoms with Crippen LogP contribution in [-0.2, 0) is 4.79 Å². The van der Waals surface area contributed by atoms with Gasteiger partial charge in [-0.3, -0.25) is 9.59 Å². The van der Waals surface area contributed by atoms with Crippen LogP contribution in [0.25, 0.3) is 0 Å². The molecule has 3 N–H and O–H groups in total. The number of carbonyl (C=O) groups is 2. The second kappa shape index (κ2) is 7.14. The zero-order chi connectivity index (χ0) is 15.3. The van der Waals surface area contributed by atoms with Crippen LogP contribution < -0.4 is 5.32 Å². The highest BCUT2D eigenvalue weighted by Crippen LogP contribution is 2.21. The van der Waals surface area contributed by atoms with Gasteiger partial charge in [0.1, 0.15) is 5.75 Å². The minimum absolute atomic E-state index is 0.0222. The minimum Gasteiger partial charge on any atom is -0.507 e. The van der Waals surface area contributed by atoms with Crippen molar-refractivity contribution < 1.29 is 19.8 Å². The van der Waals surface area contributed by atoms with Crippen molar-refractivity contribution in [3.8, 4) is 5.75 Å². The van der Waals surface area contributed by atoms with Gasteiger partial charge in [0.15, 0.2) is 0 Å². The number of carbonyl (C=O) groups excluding carboxylic acids is 1. The number of phenols is 1. The van der Waals surface area contributed by atoms with Crippen LogP contribution in [0.2, 0.25) is 5.02 Å². The number of hydrogen-bond donors (Lipinski definition) is 3. The van der Waals surface area contributed by atoms with E-state index in [1.165, 1.54) is 18.2 Å². The Bertz CT molecular complexity index is 502. The first kappa shape index (κ1) is 16.3. The highest BCUT2D eigenvalue weighted by molar-refractivity contribution is 6.30. The topological polar surface area (TPSA) is 86.6 Å². The van der Waals surface area contributed by atoms with Crippen molar-refractivity contribution in [2.45, 2.75) is 20.3 Å². The molecule has 1 amide bonds. The zero-order valence-corrected chi connectivity index (χ0v) is 12.1. The molecule has 6 heteroatoms. The second-order valence-corrected chi connectivity index (χ2v) is 5.47. The Hall–Kier alpha value is -1.75. The molecule has 0 heterocycles. The monoisotopic (exact) mass is 299 g/mol. The van der Waals surface area contributed by atoms with Gasteiger partial charge in [-0.05, 0) is 30.5 Å². The Labute approximate surface area is 122 Å². The number of amides is 1. The zero-order valence-electron chi connectivity index (χ0n) is 11.4.